The Hall–Kier alpha value is -1.47. The predicted octanol–water partition coefficient (Wildman–Crippen LogP) is 5.19. The monoisotopic (exact) mass is 398 g/mol. The van der Waals surface area contributed by atoms with Crippen LogP contribution in [-0.4, -0.2) is 23.3 Å². The average molecular weight is 398 g/mol. The Morgan fingerprint density at radius 1 is 0.857 bits per heavy atom. The van der Waals surface area contributed by atoms with Gasteiger partial charge in [-0.2, -0.15) is 0 Å². The molecule has 4 rings (SSSR count). The number of rotatable bonds is 4. The van der Waals surface area contributed by atoms with Crippen molar-refractivity contribution >= 4 is 25.2 Å². The number of hydrogen-bond donors (Lipinski definition) is 0. The van der Waals surface area contributed by atoms with Crippen LogP contribution in [0.1, 0.15) is 82.9 Å². The maximum atomic E-state index is 12.5. The Morgan fingerprint density at radius 2 is 1.39 bits per heavy atom. The lowest BCUT2D eigenvalue weighted by Crippen LogP contribution is -2.28. The van der Waals surface area contributed by atoms with Crippen molar-refractivity contribution in [1.29, 1.82) is 0 Å². The highest BCUT2D eigenvalue weighted by molar-refractivity contribution is 7.68. The molecule has 1 aromatic rings. The van der Waals surface area contributed by atoms with Gasteiger partial charge in [-0.3, -0.25) is 9.59 Å². The van der Waals surface area contributed by atoms with Crippen LogP contribution in [0.15, 0.2) is 23.8 Å². The van der Waals surface area contributed by atoms with Crippen LogP contribution in [0, 0.1) is 11.8 Å². The zero-order valence-electron chi connectivity index (χ0n) is 17.9. The van der Waals surface area contributed by atoms with Crippen LogP contribution in [0.5, 0.6) is 0 Å². The first kappa shape index (κ1) is 19.8. The third kappa shape index (κ3) is 2.73. The lowest BCUT2D eigenvalue weighted by atomic mass is 9.82. The maximum Gasteiger partial charge on any atom is 0.318 e. The minimum atomic E-state index is -0.630. The molecule has 0 saturated carbocycles. The number of carbonyl (C=O) groups is 2. The second kappa shape index (κ2) is 6.80. The number of hydrogen-bond acceptors (Lipinski definition) is 3. The Bertz CT molecular complexity index is 851. The van der Waals surface area contributed by atoms with Gasteiger partial charge in [-0.15, -0.1) is 0 Å². The van der Waals surface area contributed by atoms with E-state index >= 15 is 0 Å². The van der Waals surface area contributed by atoms with E-state index in [9.17, 15) is 9.59 Å². The Morgan fingerprint density at radius 3 is 1.89 bits per heavy atom. The van der Waals surface area contributed by atoms with Crippen LogP contribution in [-0.2, 0) is 14.3 Å². The van der Waals surface area contributed by atoms with Gasteiger partial charge in [0.05, 0.1) is 11.8 Å². The predicted molar refractivity (Wildman–Crippen MR) is 115 cm³/mol. The Balaban J connectivity index is 1.93. The van der Waals surface area contributed by atoms with Crippen molar-refractivity contribution in [2.24, 2.45) is 11.8 Å². The molecule has 28 heavy (non-hydrogen) atoms. The van der Waals surface area contributed by atoms with Crippen LogP contribution in [0.25, 0.3) is 0 Å². The summed E-state index contributed by atoms with van der Waals surface area (Å²) in [4.78, 5) is 25.0. The van der Waals surface area contributed by atoms with Gasteiger partial charge in [0, 0.05) is 11.3 Å². The van der Waals surface area contributed by atoms with E-state index < -0.39 is 7.92 Å². The molecule has 2 bridgehead atoms. The molecule has 2 saturated heterocycles. The van der Waals surface area contributed by atoms with E-state index in [1.165, 1.54) is 27.6 Å². The summed E-state index contributed by atoms with van der Waals surface area (Å²) in [5.41, 5.74) is 5.80. The van der Waals surface area contributed by atoms with Crippen LogP contribution in [0.2, 0.25) is 0 Å². The Labute approximate surface area is 169 Å². The number of allylic oxidation sites excluding steroid dienone is 2. The van der Waals surface area contributed by atoms with Crippen molar-refractivity contribution in [2.75, 3.05) is 0 Å². The third-order valence-electron chi connectivity index (χ3n) is 6.72. The lowest BCUT2D eigenvalue weighted by Gasteiger charge is -2.30. The minimum Gasteiger partial charge on any atom is -0.393 e. The van der Waals surface area contributed by atoms with Gasteiger partial charge in [0.15, 0.2) is 0 Å². The molecule has 3 aliphatic rings. The molecule has 0 aliphatic carbocycles. The molecule has 5 atom stereocenters. The molecule has 0 aromatic heterocycles. The highest BCUT2D eigenvalue weighted by Gasteiger charge is 2.64. The van der Waals surface area contributed by atoms with Gasteiger partial charge >= 0.3 is 11.9 Å². The topological polar surface area (TPSA) is 43.4 Å². The third-order valence-corrected chi connectivity index (χ3v) is 10.2. The second-order valence-corrected chi connectivity index (χ2v) is 12.0. The fourth-order valence-corrected chi connectivity index (χ4v) is 9.71. The molecule has 1 unspecified atom stereocenters. The smallest absolute Gasteiger partial charge is 0.318 e. The van der Waals surface area contributed by atoms with E-state index in [0.717, 1.165) is 0 Å². The molecule has 3 nitrogen and oxygen atoms in total. The number of cyclic esters (lactones) is 2. The maximum absolute atomic E-state index is 12.5. The van der Waals surface area contributed by atoms with Gasteiger partial charge in [0.2, 0.25) is 0 Å². The van der Waals surface area contributed by atoms with E-state index in [4.69, 9.17) is 4.74 Å². The van der Waals surface area contributed by atoms with Gasteiger partial charge in [-0.25, -0.2) is 0 Å². The first-order valence-corrected chi connectivity index (χ1v) is 12.0. The second-order valence-electron chi connectivity index (χ2n) is 9.56. The van der Waals surface area contributed by atoms with Gasteiger partial charge in [0.25, 0.3) is 0 Å². The molecule has 4 heteroatoms. The molecular weight excluding hydrogens is 367 g/mol. The molecule has 0 radical (unpaired) electrons. The van der Waals surface area contributed by atoms with Crippen molar-refractivity contribution in [3.8, 4) is 0 Å². The van der Waals surface area contributed by atoms with Crippen LogP contribution >= 0.6 is 7.92 Å². The number of esters is 2. The summed E-state index contributed by atoms with van der Waals surface area (Å²) in [6, 6.07) is 4.78. The van der Waals surface area contributed by atoms with Gasteiger partial charge in [-0.1, -0.05) is 73.2 Å². The fourth-order valence-electron chi connectivity index (χ4n) is 5.30. The summed E-state index contributed by atoms with van der Waals surface area (Å²) < 4.78 is 5.05. The largest absolute Gasteiger partial charge is 0.393 e. The van der Waals surface area contributed by atoms with E-state index in [1.54, 1.807) is 0 Å². The number of ether oxygens (including phenoxy) is 1. The van der Waals surface area contributed by atoms with Crippen molar-refractivity contribution in [3.63, 3.8) is 0 Å². The average Bonchev–Trinajstić information content (AvgIpc) is 3.21. The van der Waals surface area contributed by atoms with Crippen molar-refractivity contribution in [2.45, 2.75) is 77.5 Å². The first-order chi connectivity index (χ1) is 13.1. The van der Waals surface area contributed by atoms with Crippen molar-refractivity contribution in [1.82, 2.24) is 0 Å². The number of fused-ring (bicyclic) bond motifs is 5. The van der Waals surface area contributed by atoms with Crippen LogP contribution in [0.3, 0.4) is 0 Å². The zero-order valence-corrected chi connectivity index (χ0v) is 18.8. The van der Waals surface area contributed by atoms with Crippen LogP contribution in [0.4, 0.5) is 0 Å². The quantitative estimate of drug-likeness (QED) is 0.303. The van der Waals surface area contributed by atoms with Crippen molar-refractivity contribution < 1.29 is 14.3 Å². The summed E-state index contributed by atoms with van der Waals surface area (Å²) in [6.07, 6.45) is 2.28. The van der Waals surface area contributed by atoms with E-state index in [2.05, 4.69) is 66.7 Å². The lowest BCUT2D eigenvalue weighted by molar-refractivity contribution is -0.153. The number of carbonyl (C=O) groups excluding carboxylic acids is 2. The molecule has 3 aliphatic heterocycles. The zero-order chi connectivity index (χ0) is 20.5. The summed E-state index contributed by atoms with van der Waals surface area (Å²) in [6.45, 7) is 15.7. The SMILES string of the molecule is CC1=C[C@H]2[C@H]3C(=O)OC(=O)[C@H]3[C@@H]1P2c1c(C(C)C)cc(C(C)C)cc1C(C)C. The van der Waals surface area contributed by atoms with Gasteiger partial charge < -0.3 is 4.74 Å². The normalized spacial score (nSPS) is 31.2. The molecule has 150 valence electrons. The van der Waals surface area contributed by atoms with E-state index in [0.29, 0.717) is 17.8 Å². The minimum absolute atomic E-state index is 0.142. The summed E-state index contributed by atoms with van der Waals surface area (Å²) in [5, 5.41) is 1.46. The molecule has 1 aromatic carbocycles. The molecule has 3 heterocycles. The fraction of sp³-hybridized carbons (Fsp3) is 0.583. The molecule has 2 fully saturated rings. The molecule has 0 spiro atoms. The standard InChI is InChI=1S/C24H31O3P/c1-11(2)15-9-16(12(3)4)22(17(10-15)13(5)6)28-18-8-14(7)21(28)20-19(18)23(25)27-24(20)26/h8-13,18-21H,1-7H3/t18-,19+,20+,21+,28?/m0/s1. The van der Waals surface area contributed by atoms with Gasteiger partial charge in [0.1, 0.15) is 0 Å². The number of benzene rings is 1. The van der Waals surface area contributed by atoms with Gasteiger partial charge in [-0.05, 0) is 46.7 Å². The van der Waals surface area contributed by atoms with E-state index in [1.807, 2.05) is 0 Å². The van der Waals surface area contributed by atoms with E-state index in [-0.39, 0.29) is 35.1 Å². The summed E-state index contributed by atoms with van der Waals surface area (Å²) >= 11 is 0. The highest BCUT2D eigenvalue weighted by atomic mass is 31.1. The van der Waals surface area contributed by atoms with Crippen LogP contribution < -0.4 is 5.30 Å². The molecule has 0 amide bonds. The van der Waals surface area contributed by atoms with Crippen molar-refractivity contribution in [3.05, 3.63) is 40.5 Å². The first-order valence-electron chi connectivity index (χ1n) is 10.5. The molecule has 0 N–H and O–H groups in total. The summed E-state index contributed by atoms with van der Waals surface area (Å²) in [5.74, 6) is 0.185. The Kier molecular flexibility index (Phi) is 4.82. The molecular formula is C24H31O3P. The summed E-state index contributed by atoms with van der Waals surface area (Å²) in [7, 11) is -0.630. The highest BCUT2D eigenvalue weighted by Crippen LogP contribution is 2.69.